The summed E-state index contributed by atoms with van der Waals surface area (Å²) in [5.41, 5.74) is 1.27. The van der Waals surface area contributed by atoms with E-state index >= 15 is 0 Å². The van der Waals surface area contributed by atoms with Crippen molar-refractivity contribution in [1.82, 2.24) is 4.90 Å². The van der Waals surface area contributed by atoms with Crippen LogP contribution in [0.15, 0.2) is 24.3 Å². The molecule has 2 unspecified atom stereocenters. The lowest BCUT2D eigenvalue weighted by molar-refractivity contribution is 0.190. The van der Waals surface area contributed by atoms with E-state index in [1.54, 1.807) is 12.1 Å². The maximum atomic E-state index is 9.30. The Morgan fingerprint density at radius 1 is 1.12 bits per heavy atom. The van der Waals surface area contributed by atoms with Crippen molar-refractivity contribution in [2.45, 2.75) is 40.2 Å². The molecule has 0 radical (unpaired) electrons. The summed E-state index contributed by atoms with van der Waals surface area (Å²) in [6.07, 6.45) is 1.22. The van der Waals surface area contributed by atoms with Gasteiger partial charge in [0.15, 0.2) is 0 Å². The molecule has 0 bridgehead atoms. The fourth-order valence-electron chi connectivity index (χ4n) is 2.05. The lowest BCUT2D eigenvalue weighted by atomic mass is 10.0. The van der Waals surface area contributed by atoms with Gasteiger partial charge < -0.3 is 5.11 Å². The van der Waals surface area contributed by atoms with Crippen LogP contribution in [0.2, 0.25) is 0 Å². The molecule has 0 heterocycles. The molecule has 0 amide bonds. The van der Waals surface area contributed by atoms with E-state index in [-0.39, 0.29) is 0 Å². The number of nitrogens with zero attached hydrogens (tertiary/aromatic N) is 1. The van der Waals surface area contributed by atoms with E-state index in [0.29, 0.717) is 11.8 Å². The molecule has 1 aromatic rings. The highest BCUT2D eigenvalue weighted by molar-refractivity contribution is 5.27. The van der Waals surface area contributed by atoms with E-state index in [1.165, 1.54) is 12.0 Å². The standard InChI is InChI=1S/C15H25NO/c1-5-12(3)11-16(6-2)13(4)14-7-9-15(17)10-8-14/h7-10,12-13,17H,5-6,11H2,1-4H3. The van der Waals surface area contributed by atoms with Crippen LogP contribution in [0.4, 0.5) is 0 Å². The molecule has 2 heteroatoms. The predicted octanol–water partition coefficient (Wildman–Crippen LogP) is 3.82. The SMILES string of the molecule is CCC(C)CN(CC)C(C)c1ccc(O)cc1. The first-order chi connectivity index (χ1) is 8.08. The molecule has 17 heavy (non-hydrogen) atoms. The van der Waals surface area contributed by atoms with Crippen LogP contribution in [0.5, 0.6) is 5.75 Å². The summed E-state index contributed by atoms with van der Waals surface area (Å²) in [6.45, 7) is 11.2. The van der Waals surface area contributed by atoms with E-state index in [2.05, 4.69) is 32.6 Å². The van der Waals surface area contributed by atoms with Gasteiger partial charge in [-0.15, -0.1) is 0 Å². The molecule has 0 aliphatic rings. The van der Waals surface area contributed by atoms with Gasteiger partial charge in [0, 0.05) is 12.6 Å². The van der Waals surface area contributed by atoms with Crippen LogP contribution in [0.25, 0.3) is 0 Å². The molecule has 1 aromatic carbocycles. The first kappa shape index (κ1) is 14.0. The minimum atomic E-state index is 0.339. The Morgan fingerprint density at radius 3 is 2.18 bits per heavy atom. The number of phenols is 1. The third kappa shape index (κ3) is 4.04. The molecule has 0 saturated carbocycles. The highest BCUT2D eigenvalue weighted by Crippen LogP contribution is 2.23. The van der Waals surface area contributed by atoms with Gasteiger partial charge in [0.2, 0.25) is 0 Å². The smallest absolute Gasteiger partial charge is 0.115 e. The van der Waals surface area contributed by atoms with Crippen molar-refractivity contribution >= 4 is 0 Å². The van der Waals surface area contributed by atoms with Gasteiger partial charge >= 0.3 is 0 Å². The van der Waals surface area contributed by atoms with Crippen LogP contribution in [0.3, 0.4) is 0 Å². The zero-order chi connectivity index (χ0) is 12.8. The van der Waals surface area contributed by atoms with E-state index < -0.39 is 0 Å². The van der Waals surface area contributed by atoms with Crippen molar-refractivity contribution in [3.8, 4) is 5.75 Å². The summed E-state index contributed by atoms with van der Waals surface area (Å²) in [7, 11) is 0. The molecule has 0 aromatic heterocycles. The Kier molecular flexibility index (Phi) is 5.49. The third-order valence-electron chi connectivity index (χ3n) is 3.57. The van der Waals surface area contributed by atoms with E-state index in [9.17, 15) is 5.11 Å². The Hall–Kier alpha value is -1.02. The van der Waals surface area contributed by atoms with Crippen LogP contribution >= 0.6 is 0 Å². The van der Waals surface area contributed by atoms with Crippen LogP contribution < -0.4 is 0 Å². The van der Waals surface area contributed by atoms with Gasteiger partial charge in [-0.1, -0.05) is 39.3 Å². The van der Waals surface area contributed by atoms with E-state index in [4.69, 9.17) is 0 Å². The molecular weight excluding hydrogens is 210 g/mol. The van der Waals surface area contributed by atoms with Gasteiger partial charge in [0.05, 0.1) is 0 Å². The average molecular weight is 235 g/mol. The van der Waals surface area contributed by atoms with Crippen molar-refractivity contribution < 1.29 is 5.11 Å². The highest BCUT2D eigenvalue weighted by atomic mass is 16.3. The topological polar surface area (TPSA) is 23.5 Å². The molecule has 2 atom stereocenters. The third-order valence-corrected chi connectivity index (χ3v) is 3.57. The number of rotatable bonds is 6. The lowest BCUT2D eigenvalue weighted by Crippen LogP contribution is -2.31. The first-order valence-corrected chi connectivity index (χ1v) is 6.61. The number of hydrogen-bond acceptors (Lipinski definition) is 2. The number of hydrogen-bond donors (Lipinski definition) is 1. The summed E-state index contributed by atoms with van der Waals surface area (Å²) < 4.78 is 0. The second kappa shape index (κ2) is 6.65. The van der Waals surface area contributed by atoms with E-state index in [0.717, 1.165) is 19.0 Å². The second-order valence-electron chi connectivity index (χ2n) is 4.87. The van der Waals surface area contributed by atoms with Gasteiger partial charge in [-0.3, -0.25) is 4.90 Å². The largest absolute Gasteiger partial charge is 0.508 e. The Bertz CT molecular complexity index is 320. The molecule has 1 N–H and O–H groups in total. The number of aromatic hydroxyl groups is 1. The van der Waals surface area contributed by atoms with Gasteiger partial charge in [-0.2, -0.15) is 0 Å². The van der Waals surface area contributed by atoms with Crippen molar-refractivity contribution in [3.63, 3.8) is 0 Å². The van der Waals surface area contributed by atoms with Crippen molar-refractivity contribution in [1.29, 1.82) is 0 Å². The summed E-state index contributed by atoms with van der Waals surface area (Å²) >= 11 is 0. The maximum Gasteiger partial charge on any atom is 0.115 e. The van der Waals surface area contributed by atoms with Crippen molar-refractivity contribution in [3.05, 3.63) is 29.8 Å². The fourth-order valence-corrected chi connectivity index (χ4v) is 2.05. The Balaban J connectivity index is 2.71. The fraction of sp³-hybridized carbons (Fsp3) is 0.600. The van der Waals surface area contributed by atoms with Gasteiger partial charge in [-0.25, -0.2) is 0 Å². The van der Waals surface area contributed by atoms with Crippen LogP contribution in [-0.2, 0) is 0 Å². The molecule has 1 rings (SSSR count). The van der Waals surface area contributed by atoms with Crippen molar-refractivity contribution in [2.75, 3.05) is 13.1 Å². The van der Waals surface area contributed by atoms with Gasteiger partial charge in [0.1, 0.15) is 5.75 Å². The molecule has 0 saturated heterocycles. The number of benzene rings is 1. The summed E-state index contributed by atoms with van der Waals surface area (Å²) in [5, 5.41) is 9.30. The molecule has 0 spiro atoms. The maximum absolute atomic E-state index is 9.30. The Morgan fingerprint density at radius 2 is 1.71 bits per heavy atom. The molecule has 2 nitrogen and oxygen atoms in total. The average Bonchev–Trinajstić information content (AvgIpc) is 2.35. The Labute approximate surface area is 105 Å². The quantitative estimate of drug-likeness (QED) is 0.810. The van der Waals surface area contributed by atoms with E-state index in [1.807, 2.05) is 12.1 Å². The zero-order valence-electron chi connectivity index (χ0n) is 11.5. The lowest BCUT2D eigenvalue weighted by Gasteiger charge is -2.30. The summed E-state index contributed by atoms with van der Waals surface area (Å²) in [4.78, 5) is 2.49. The first-order valence-electron chi connectivity index (χ1n) is 6.61. The zero-order valence-corrected chi connectivity index (χ0v) is 11.5. The normalized spacial score (nSPS) is 14.9. The molecular formula is C15H25NO. The van der Waals surface area contributed by atoms with Crippen LogP contribution in [0.1, 0.15) is 45.7 Å². The second-order valence-corrected chi connectivity index (χ2v) is 4.87. The molecule has 96 valence electrons. The molecule has 0 aliphatic carbocycles. The minimum absolute atomic E-state index is 0.339. The predicted molar refractivity (Wildman–Crippen MR) is 73.2 cm³/mol. The summed E-state index contributed by atoms with van der Waals surface area (Å²) in [6, 6.07) is 7.97. The van der Waals surface area contributed by atoms with Gasteiger partial charge in [-0.05, 0) is 37.1 Å². The number of phenolic OH excluding ortho intramolecular Hbond substituents is 1. The van der Waals surface area contributed by atoms with Crippen LogP contribution in [-0.4, -0.2) is 23.1 Å². The van der Waals surface area contributed by atoms with Crippen molar-refractivity contribution in [2.24, 2.45) is 5.92 Å². The monoisotopic (exact) mass is 235 g/mol. The highest BCUT2D eigenvalue weighted by Gasteiger charge is 2.15. The van der Waals surface area contributed by atoms with Gasteiger partial charge in [0.25, 0.3) is 0 Å². The molecule has 0 fully saturated rings. The summed E-state index contributed by atoms with van der Waals surface area (Å²) in [5.74, 6) is 1.07. The molecule has 0 aliphatic heterocycles. The van der Waals surface area contributed by atoms with Crippen LogP contribution in [0, 0.1) is 5.92 Å². The minimum Gasteiger partial charge on any atom is -0.508 e.